The summed E-state index contributed by atoms with van der Waals surface area (Å²) in [6.45, 7) is 0. The number of ether oxygens (including phenoxy) is 1. The van der Waals surface area contributed by atoms with Crippen LogP contribution in [0, 0.1) is 0 Å². The average molecular weight is 352 g/mol. The molecule has 0 saturated carbocycles. The van der Waals surface area contributed by atoms with Gasteiger partial charge in [-0.25, -0.2) is 4.79 Å². The van der Waals surface area contributed by atoms with Gasteiger partial charge in [0, 0.05) is 22.8 Å². The minimum Gasteiger partial charge on any atom is -0.421 e. The number of rotatable bonds is 4. The van der Waals surface area contributed by atoms with Crippen LogP contribution in [0.3, 0.4) is 0 Å². The van der Waals surface area contributed by atoms with Crippen LogP contribution in [0.15, 0.2) is 107 Å². The van der Waals surface area contributed by atoms with Crippen molar-refractivity contribution in [3.8, 4) is 0 Å². The third kappa shape index (κ3) is 3.75. The number of esters is 1. The first-order valence-corrected chi connectivity index (χ1v) is 8.57. The summed E-state index contributed by atoms with van der Waals surface area (Å²) >= 11 is 0. The van der Waals surface area contributed by atoms with Crippen LogP contribution in [-0.4, -0.2) is 17.4 Å². The maximum Gasteiger partial charge on any atom is 0.364 e. The Bertz CT molecular complexity index is 996. The van der Waals surface area contributed by atoms with Crippen molar-refractivity contribution in [2.75, 3.05) is 0 Å². The predicted molar refractivity (Wildman–Crippen MR) is 106 cm³/mol. The minimum absolute atomic E-state index is 0.179. The molecule has 1 aliphatic rings. The number of nitrogens with zero attached hydrogens (tertiary/aromatic N) is 2. The van der Waals surface area contributed by atoms with Gasteiger partial charge < -0.3 is 4.74 Å². The summed E-state index contributed by atoms with van der Waals surface area (Å²) in [4.78, 5) is 12.2. The predicted octanol–water partition coefficient (Wildman–Crippen LogP) is 4.48. The Morgan fingerprint density at radius 3 is 1.78 bits per heavy atom. The van der Waals surface area contributed by atoms with Crippen molar-refractivity contribution in [1.29, 1.82) is 0 Å². The lowest BCUT2D eigenvalue weighted by Crippen LogP contribution is -2.08. The van der Waals surface area contributed by atoms with E-state index in [1.54, 1.807) is 6.08 Å². The molecule has 0 atom stereocenters. The quantitative estimate of drug-likeness (QED) is 0.395. The normalized spacial score (nSPS) is 14.6. The van der Waals surface area contributed by atoms with Crippen LogP contribution in [0.2, 0.25) is 0 Å². The van der Waals surface area contributed by atoms with Gasteiger partial charge in [-0.1, -0.05) is 91.0 Å². The van der Waals surface area contributed by atoms with Gasteiger partial charge in [0.25, 0.3) is 0 Å². The molecule has 0 bridgehead atoms. The number of benzene rings is 3. The molecule has 3 aromatic rings. The van der Waals surface area contributed by atoms with Crippen LogP contribution in [0.4, 0.5) is 0 Å². The molecular weight excluding hydrogens is 336 g/mol. The van der Waals surface area contributed by atoms with Crippen molar-refractivity contribution in [2.24, 2.45) is 10.2 Å². The zero-order chi connectivity index (χ0) is 18.5. The Balaban J connectivity index is 1.73. The monoisotopic (exact) mass is 352 g/mol. The smallest absolute Gasteiger partial charge is 0.364 e. The second-order valence-electron chi connectivity index (χ2n) is 5.93. The van der Waals surface area contributed by atoms with E-state index >= 15 is 0 Å². The molecule has 0 spiro atoms. The van der Waals surface area contributed by atoms with Gasteiger partial charge in [-0.05, 0) is 0 Å². The molecular formula is C23H16N2O2. The molecule has 130 valence electrons. The van der Waals surface area contributed by atoms with Crippen LogP contribution in [0.5, 0.6) is 0 Å². The lowest BCUT2D eigenvalue weighted by Gasteiger charge is -2.05. The average Bonchev–Trinajstić information content (AvgIpc) is 3.11. The molecule has 0 amide bonds. The molecule has 0 fully saturated rings. The first kappa shape index (κ1) is 16.7. The summed E-state index contributed by atoms with van der Waals surface area (Å²) in [5.74, 6) is -0.0198. The summed E-state index contributed by atoms with van der Waals surface area (Å²) in [6.07, 6.45) is 1.62. The second-order valence-corrected chi connectivity index (χ2v) is 5.93. The lowest BCUT2D eigenvalue weighted by molar-refractivity contribution is -0.128. The Labute approximate surface area is 157 Å². The highest BCUT2D eigenvalue weighted by atomic mass is 16.5. The number of hydrogen-bond acceptors (Lipinski definition) is 4. The van der Waals surface area contributed by atoms with E-state index in [-0.39, 0.29) is 5.71 Å². The molecule has 0 radical (unpaired) electrons. The number of cyclic esters (lactones) is 1. The van der Waals surface area contributed by atoms with Gasteiger partial charge in [0.1, 0.15) is 11.5 Å². The van der Waals surface area contributed by atoms with Crippen LogP contribution < -0.4 is 0 Å². The molecule has 0 aliphatic carbocycles. The summed E-state index contributed by atoms with van der Waals surface area (Å²) in [5.41, 5.74) is 3.54. The van der Waals surface area contributed by atoms with E-state index in [2.05, 4.69) is 10.2 Å². The fourth-order valence-electron chi connectivity index (χ4n) is 2.76. The molecule has 4 rings (SSSR count). The fraction of sp³-hybridized carbons (Fsp3) is 0. The van der Waals surface area contributed by atoms with Gasteiger partial charge in [-0.2, -0.15) is 0 Å². The number of hydrogen-bond donors (Lipinski definition) is 0. The molecule has 3 aromatic carbocycles. The molecule has 4 heteroatoms. The van der Waals surface area contributed by atoms with Gasteiger partial charge in [-0.15, -0.1) is 10.2 Å². The third-order valence-corrected chi connectivity index (χ3v) is 4.09. The first-order chi connectivity index (χ1) is 13.3. The molecule has 1 heterocycles. The third-order valence-electron chi connectivity index (χ3n) is 4.09. The maximum absolute atomic E-state index is 12.2. The van der Waals surface area contributed by atoms with E-state index in [4.69, 9.17) is 4.74 Å². The van der Waals surface area contributed by atoms with E-state index in [0.717, 1.165) is 16.7 Å². The molecule has 0 saturated heterocycles. The van der Waals surface area contributed by atoms with E-state index in [0.29, 0.717) is 11.5 Å². The molecule has 0 aromatic heterocycles. The second kappa shape index (κ2) is 7.62. The van der Waals surface area contributed by atoms with Crippen molar-refractivity contribution in [1.82, 2.24) is 0 Å². The summed E-state index contributed by atoms with van der Waals surface area (Å²) in [7, 11) is 0. The first-order valence-electron chi connectivity index (χ1n) is 8.57. The van der Waals surface area contributed by atoms with Crippen LogP contribution in [-0.2, 0) is 9.53 Å². The van der Waals surface area contributed by atoms with Gasteiger partial charge in [0.15, 0.2) is 5.71 Å². The Kier molecular flexibility index (Phi) is 4.70. The van der Waals surface area contributed by atoms with Gasteiger partial charge in [0.2, 0.25) is 0 Å². The van der Waals surface area contributed by atoms with Crippen molar-refractivity contribution < 1.29 is 9.53 Å². The van der Waals surface area contributed by atoms with Crippen molar-refractivity contribution in [3.05, 3.63) is 114 Å². The van der Waals surface area contributed by atoms with Gasteiger partial charge >= 0.3 is 5.97 Å². The summed E-state index contributed by atoms with van der Waals surface area (Å²) in [5, 5.41) is 8.57. The fourth-order valence-corrected chi connectivity index (χ4v) is 2.76. The minimum atomic E-state index is -0.502. The Hall–Kier alpha value is -3.79. The lowest BCUT2D eigenvalue weighted by atomic mass is 10.0. The van der Waals surface area contributed by atoms with E-state index in [1.807, 2.05) is 91.0 Å². The summed E-state index contributed by atoms with van der Waals surface area (Å²) in [6, 6.07) is 29.0. The standard InChI is InChI=1S/C23H16N2O2/c26-23-20(16-21(27-23)17-10-4-1-5-11-17)24-25-22(18-12-6-2-7-13-18)19-14-8-3-9-15-19/h1-16H. The van der Waals surface area contributed by atoms with Gasteiger partial charge in [0.05, 0.1) is 0 Å². The van der Waals surface area contributed by atoms with Crippen LogP contribution >= 0.6 is 0 Å². The SMILES string of the molecule is O=C1OC(c2ccccc2)=CC1=NN=C(c1ccccc1)c1ccccc1. The topological polar surface area (TPSA) is 51.0 Å². The molecule has 27 heavy (non-hydrogen) atoms. The molecule has 0 unspecified atom stereocenters. The van der Waals surface area contributed by atoms with Crippen molar-refractivity contribution in [2.45, 2.75) is 0 Å². The number of carbonyl (C=O) groups is 1. The zero-order valence-electron chi connectivity index (χ0n) is 14.4. The highest BCUT2D eigenvalue weighted by Gasteiger charge is 2.23. The van der Waals surface area contributed by atoms with Crippen molar-refractivity contribution in [3.63, 3.8) is 0 Å². The molecule has 1 aliphatic heterocycles. The Morgan fingerprint density at radius 2 is 1.22 bits per heavy atom. The van der Waals surface area contributed by atoms with Gasteiger partial charge in [-0.3, -0.25) is 0 Å². The molecule has 0 N–H and O–H groups in total. The van der Waals surface area contributed by atoms with E-state index < -0.39 is 5.97 Å². The maximum atomic E-state index is 12.2. The van der Waals surface area contributed by atoms with E-state index in [9.17, 15) is 4.79 Å². The van der Waals surface area contributed by atoms with Crippen LogP contribution in [0.1, 0.15) is 16.7 Å². The largest absolute Gasteiger partial charge is 0.421 e. The molecule has 4 nitrogen and oxygen atoms in total. The Morgan fingerprint density at radius 1 is 0.704 bits per heavy atom. The summed E-state index contributed by atoms with van der Waals surface area (Å²) < 4.78 is 5.33. The highest BCUT2D eigenvalue weighted by molar-refractivity contribution is 6.45. The van der Waals surface area contributed by atoms with Crippen LogP contribution in [0.25, 0.3) is 5.76 Å². The zero-order valence-corrected chi connectivity index (χ0v) is 14.4. The number of carbonyl (C=O) groups excluding carboxylic acids is 1. The van der Waals surface area contributed by atoms with Crippen molar-refractivity contribution >= 4 is 23.2 Å². The highest BCUT2D eigenvalue weighted by Crippen LogP contribution is 2.21. The van der Waals surface area contributed by atoms with E-state index in [1.165, 1.54) is 0 Å².